The van der Waals surface area contributed by atoms with Gasteiger partial charge in [-0.25, -0.2) is 23.8 Å². The van der Waals surface area contributed by atoms with Crippen molar-refractivity contribution in [3.05, 3.63) is 71.7 Å². The van der Waals surface area contributed by atoms with Gasteiger partial charge < -0.3 is 20.4 Å². The summed E-state index contributed by atoms with van der Waals surface area (Å²) in [6.07, 6.45) is 4.05. The number of rotatable bonds is 6. The fourth-order valence-corrected chi connectivity index (χ4v) is 4.23. The van der Waals surface area contributed by atoms with E-state index < -0.39 is 5.82 Å². The SMILES string of the molecule is Cc1cc(Nc2cc(C)[nH]n2)cc(N2CCN(C(=O)NC(C)c3ccc(-n4cc(F)cn4)nc3)CC2)n1. The first-order valence-corrected chi connectivity index (χ1v) is 12.1. The van der Waals surface area contributed by atoms with Crippen LogP contribution in [0.3, 0.4) is 0 Å². The van der Waals surface area contributed by atoms with Crippen molar-refractivity contribution in [2.75, 3.05) is 36.4 Å². The lowest BCUT2D eigenvalue weighted by Crippen LogP contribution is -2.52. The third-order valence-corrected chi connectivity index (χ3v) is 6.21. The van der Waals surface area contributed by atoms with Gasteiger partial charge in [-0.2, -0.15) is 10.2 Å². The second-order valence-electron chi connectivity index (χ2n) is 9.11. The number of carbonyl (C=O) groups is 1. The summed E-state index contributed by atoms with van der Waals surface area (Å²) in [5.41, 5.74) is 3.65. The Balaban J connectivity index is 1.16. The molecule has 5 rings (SSSR count). The monoisotopic (exact) mass is 504 g/mol. The van der Waals surface area contributed by atoms with E-state index >= 15 is 0 Å². The van der Waals surface area contributed by atoms with Crippen molar-refractivity contribution in [2.24, 2.45) is 0 Å². The van der Waals surface area contributed by atoms with Crippen LogP contribution in [0, 0.1) is 19.7 Å². The van der Waals surface area contributed by atoms with Crippen molar-refractivity contribution in [2.45, 2.75) is 26.8 Å². The highest BCUT2D eigenvalue weighted by Crippen LogP contribution is 2.23. The van der Waals surface area contributed by atoms with E-state index in [9.17, 15) is 9.18 Å². The van der Waals surface area contributed by atoms with E-state index in [1.165, 1.54) is 10.9 Å². The van der Waals surface area contributed by atoms with E-state index in [4.69, 9.17) is 4.98 Å². The number of H-pyrrole nitrogens is 1. The molecule has 1 fully saturated rings. The number of hydrogen-bond donors (Lipinski definition) is 3. The molecular formula is C25H29FN10O. The van der Waals surface area contributed by atoms with Crippen LogP contribution >= 0.6 is 0 Å². The molecule has 1 saturated heterocycles. The maximum atomic E-state index is 13.2. The van der Waals surface area contributed by atoms with Gasteiger partial charge in [0, 0.05) is 61.6 Å². The number of urea groups is 1. The predicted octanol–water partition coefficient (Wildman–Crippen LogP) is 3.48. The molecule has 12 heteroatoms. The van der Waals surface area contributed by atoms with Crippen LogP contribution in [0.5, 0.6) is 0 Å². The molecule has 2 amide bonds. The Labute approximate surface area is 213 Å². The smallest absolute Gasteiger partial charge is 0.317 e. The molecule has 0 aliphatic carbocycles. The van der Waals surface area contributed by atoms with Crippen LogP contribution in [0.2, 0.25) is 0 Å². The maximum absolute atomic E-state index is 13.2. The average molecular weight is 505 g/mol. The standard InChI is InChI=1S/C25H29FN10O/c1-16-10-21(31-22-11-17(2)32-33-22)12-24(29-16)34-6-8-35(9-7-34)25(37)30-18(3)19-4-5-23(27-13-19)36-15-20(26)14-28-36/h4-5,10-15,18H,6-9H2,1-3H3,(H,30,37)(H2,29,31,32,33). The van der Waals surface area contributed by atoms with Gasteiger partial charge in [0.15, 0.2) is 17.5 Å². The summed E-state index contributed by atoms with van der Waals surface area (Å²) in [4.78, 5) is 25.9. The second kappa shape index (κ2) is 10.2. The topological polar surface area (TPSA) is 120 Å². The fourth-order valence-electron chi connectivity index (χ4n) is 4.23. The number of aromatic nitrogens is 6. The third-order valence-electron chi connectivity index (χ3n) is 6.21. The lowest BCUT2D eigenvalue weighted by atomic mass is 10.1. The van der Waals surface area contributed by atoms with Crippen molar-refractivity contribution in [1.82, 2.24) is 40.2 Å². The molecular weight excluding hydrogens is 475 g/mol. The summed E-state index contributed by atoms with van der Waals surface area (Å²) >= 11 is 0. The number of aromatic amines is 1. The number of nitrogens with one attached hydrogen (secondary N) is 3. The molecule has 192 valence electrons. The van der Waals surface area contributed by atoms with Crippen LogP contribution in [0.1, 0.15) is 29.9 Å². The first kappa shape index (κ1) is 24.2. The van der Waals surface area contributed by atoms with Crippen LogP contribution in [-0.4, -0.2) is 67.1 Å². The molecule has 0 bridgehead atoms. The number of aryl methyl sites for hydroxylation is 2. The fraction of sp³-hybridized carbons (Fsp3) is 0.320. The normalized spacial score (nSPS) is 14.5. The second-order valence-corrected chi connectivity index (χ2v) is 9.11. The van der Waals surface area contributed by atoms with Gasteiger partial charge in [-0.05, 0) is 38.5 Å². The summed E-state index contributed by atoms with van der Waals surface area (Å²) in [6, 6.07) is 9.16. The molecule has 11 nitrogen and oxygen atoms in total. The van der Waals surface area contributed by atoms with Crippen molar-refractivity contribution < 1.29 is 9.18 Å². The van der Waals surface area contributed by atoms with Crippen molar-refractivity contribution >= 4 is 23.4 Å². The van der Waals surface area contributed by atoms with Gasteiger partial charge in [0.1, 0.15) is 5.82 Å². The molecule has 4 aromatic rings. The lowest BCUT2D eigenvalue weighted by molar-refractivity contribution is 0.191. The minimum atomic E-state index is -0.425. The van der Waals surface area contributed by atoms with Gasteiger partial charge in [0.05, 0.1) is 18.4 Å². The zero-order valence-electron chi connectivity index (χ0n) is 20.9. The number of piperazine rings is 1. The average Bonchev–Trinajstić information content (AvgIpc) is 3.51. The minimum Gasteiger partial charge on any atom is -0.353 e. The third kappa shape index (κ3) is 5.68. The van der Waals surface area contributed by atoms with Crippen LogP contribution in [0.4, 0.5) is 26.5 Å². The Morgan fingerprint density at radius 2 is 1.89 bits per heavy atom. The number of hydrogen-bond acceptors (Lipinski definition) is 7. The van der Waals surface area contributed by atoms with Gasteiger partial charge in [-0.1, -0.05) is 6.07 Å². The number of pyridine rings is 2. The van der Waals surface area contributed by atoms with E-state index in [1.807, 2.05) is 49.9 Å². The van der Waals surface area contributed by atoms with Crippen LogP contribution < -0.4 is 15.5 Å². The van der Waals surface area contributed by atoms with Crippen LogP contribution in [0.25, 0.3) is 5.82 Å². The Hall–Kier alpha value is -4.48. The minimum absolute atomic E-state index is 0.126. The molecule has 0 spiro atoms. The summed E-state index contributed by atoms with van der Waals surface area (Å²) in [5.74, 6) is 1.70. The highest BCUT2D eigenvalue weighted by atomic mass is 19.1. The van der Waals surface area contributed by atoms with Crippen LogP contribution in [-0.2, 0) is 0 Å². The number of amides is 2. The molecule has 1 atom stereocenters. The van der Waals surface area contributed by atoms with E-state index in [0.29, 0.717) is 32.0 Å². The summed E-state index contributed by atoms with van der Waals surface area (Å²) in [7, 11) is 0. The first-order chi connectivity index (χ1) is 17.8. The molecule has 37 heavy (non-hydrogen) atoms. The maximum Gasteiger partial charge on any atom is 0.317 e. The zero-order chi connectivity index (χ0) is 25.9. The number of carbonyl (C=O) groups excluding carboxylic acids is 1. The lowest BCUT2D eigenvalue weighted by Gasteiger charge is -2.36. The summed E-state index contributed by atoms with van der Waals surface area (Å²) in [5, 5.41) is 17.4. The van der Waals surface area contributed by atoms with E-state index in [0.717, 1.165) is 40.5 Å². The molecule has 4 aromatic heterocycles. The first-order valence-electron chi connectivity index (χ1n) is 12.1. The Morgan fingerprint density at radius 3 is 2.54 bits per heavy atom. The molecule has 0 saturated carbocycles. The van der Waals surface area contributed by atoms with Gasteiger partial charge >= 0.3 is 6.03 Å². The molecule has 1 aliphatic heterocycles. The van der Waals surface area contributed by atoms with Crippen molar-refractivity contribution in [3.63, 3.8) is 0 Å². The molecule has 1 unspecified atom stereocenters. The highest BCUT2D eigenvalue weighted by molar-refractivity contribution is 5.75. The van der Waals surface area contributed by atoms with Crippen molar-refractivity contribution in [1.29, 1.82) is 0 Å². The molecule has 5 heterocycles. The van der Waals surface area contributed by atoms with Gasteiger partial charge in [-0.3, -0.25) is 5.10 Å². The zero-order valence-corrected chi connectivity index (χ0v) is 20.9. The number of halogens is 1. The van der Waals surface area contributed by atoms with Crippen molar-refractivity contribution in [3.8, 4) is 5.82 Å². The Morgan fingerprint density at radius 1 is 1.08 bits per heavy atom. The highest BCUT2D eigenvalue weighted by Gasteiger charge is 2.23. The van der Waals surface area contributed by atoms with E-state index in [2.05, 4.69) is 35.8 Å². The van der Waals surface area contributed by atoms with Gasteiger partial charge in [-0.15, -0.1) is 0 Å². The summed E-state index contributed by atoms with van der Waals surface area (Å²) in [6.45, 7) is 8.34. The largest absolute Gasteiger partial charge is 0.353 e. The number of anilines is 3. The predicted molar refractivity (Wildman–Crippen MR) is 138 cm³/mol. The Kier molecular flexibility index (Phi) is 6.71. The van der Waals surface area contributed by atoms with Crippen LogP contribution in [0.15, 0.2) is 48.9 Å². The molecule has 1 aliphatic rings. The quantitative estimate of drug-likeness (QED) is 0.368. The molecule has 0 aromatic carbocycles. The van der Waals surface area contributed by atoms with Gasteiger partial charge in [0.25, 0.3) is 0 Å². The number of nitrogens with zero attached hydrogens (tertiary/aromatic N) is 7. The van der Waals surface area contributed by atoms with E-state index in [1.54, 1.807) is 12.3 Å². The van der Waals surface area contributed by atoms with Gasteiger partial charge in [0.2, 0.25) is 0 Å². The molecule has 3 N–H and O–H groups in total. The summed E-state index contributed by atoms with van der Waals surface area (Å²) < 4.78 is 14.6. The van der Waals surface area contributed by atoms with E-state index in [-0.39, 0.29) is 12.1 Å². The molecule has 0 radical (unpaired) electrons. The Bertz CT molecular complexity index is 1370.